The van der Waals surface area contributed by atoms with Crippen LogP contribution in [0.15, 0.2) is 18.3 Å². The van der Waals surface area contributed by atoms with Gasteiger partial charge in [-0.05, 0) is 19.1 Å². The fraction of sp³-hybridized carbons (Fsp3) is 0.286. The molecule has 0 bridgehead atoms. The number of rotatable bonds is 3. The molecule has 0 unspecified atom stereocenters. The molecule has 0 radical (unpaired) electrons. The van der Waals surface area contributed by atoms with E-state index in [-0.39, 0.29) is 11.8 Å². The molecule has 0 fully saturated rings. The number of nitrogens with one attached hydrogen (secondary N) is 1. The second-order valence-electron chi connectivity index (χ2n) is 5.17. The number of carbonyl (C=O) groups excluding carboxylic acids is 1. The van der Waals surface area contributed by atoms with E-state index in [0.717, 1.165) is 16.5 Å². The minimum absolute atomic E-state index is 0.190. The molecule has 3 rings (SSSR count). The number of pyridine rings is 1. The van der Waals surface area contributed by atoms with Gasteiger partial charge in [0.15, 0.2) is 0 Å². The van der Waals surface area contributed by atoms with Crippen LogP contribution in [0.25, 0.3) is 4.96 Å². The topological polar surface area (TPSA) is 72.2 Å². The zero-order valence-electron chi connectivity index (χ0n) is 12.3. The number of anilines is 1. The first-order valence-corrected chi connectivity index (χ1v) is 7.94. The van der Waals surface area contributed by atoms with Crippen LogP contribution in [0.4, 0.5) is 5.69 Å². The van der Waals surface area contributed by atoms with Gasteiger partial charge in [-0.25, -0.2) is 4.98 Å². The molecular formula is C14H14ClN5OS. The van der Waals surface area contributed by atoms with Crippen molar-refractivity contribution >= 4 is 39.5 Å². The number of amides is 1. The van der Waals surface area contributed by atoms with Gasteiger partial charge in [-0.15, -0.1) is 10.2 Å². The van der Waals surface area contributed by atoms with Gasteiger partial charge >= 0.3 is 0 Å². The smallest absolute Gasteiger partial charge is 0.267 e. The summed E-state index contributed by atoms with van der Waals surface area (Å²) < 4.78 is 1.93. The average Bonchev–Trinajstić information content (AvgIpc) is 2.99. The minimum atomic E-state index is -0.190. The predicted octanol–water partition coefficient (Wildman–Crippen LogP) is 3.52. The van der Waals surface area contributed by atoms with Crippen LogP contribution in [0.1, 0.15) is 41.0 Å². The number of halogens is 1. The van der Waals surface area contributed by atoms with Gasteiger partial charge in [0.25, 0.3) is 5.91 Å². The van der Waals surface area contributed by atoms with Gasteiger partial charge in [-0.3, -0.25) is 9.20 Å². The Bertz CT molecular complexity index is 854. The first-order chi connectivity index (χ1) is 10.5. The van der Waals surface area contributed by atoms with Crippen molar-refractivity contribution < 1.29 is 4.79 Å². The fourth-order valence-electron chi connectivity index (χ4n) is 2.18. The van der Waals surface area contributed by atoms with Crippen LogP contribution in [0.2, 0.25) is 5.15 Å². The molecule has 0 atom stereocenters. The van der Waals surface area contributed by atoms with Crippen molar-refractivity contribution in [3.05, 3.63) is 39.9 Å². The zero-order chi connectivity index (χ0) is 15.9. The lowest BCUT2D eigenvalue weighted by Crippen LogP contribution is -2.12. The summed E-state index contributed by atoms with van der Waals surface area (Å²) in [6.45, 7) is 5.99. The number of fused-ring (bicyclic) bond motifs is 1. The van der Waals surface area contributed by atoms with E-state index in [1.807, 2.05) is 25.2 Å². The standard InChI is InChI=1S/C14H14ClN5OS/c1-7(2)12-18-19-14-20(12)8(3)11(22-14)13(21)17-9-4-5-16-10(15)6-9/h4-7H,1-3H3,(H,16,17,21). The summed E-state index contributed by atoms with van der Waals surface area (Å²) in [6, 6.07) is 3.30. The van der Waals surface area contributed by atoms with Crippen LogP contribution in [-0.2, 0) is 0 Å². The number of nitrogens with zero attached hydrogens (tertiary/aromatic N) is 4. The van der Waals surface area contributed by atoms with Crippen molar-refractivity contribution in [2.24, 2.45) is 0 Å². The Hall–Kier alpha value is -1.99. The monoisotopic (exact) mass is 335 g/mol. The highest BCUT2D eigenvalue weighted by Gasteiger charge is 2.21. The number of aromatic nitrogens is 4. The number of aryl methyl sites for hydroxylation is 1. The SMILES string of the molecule is Cc1c(C(=O)Nc2ccnc(Cl)c2)sc2nnc(C(C)C)n12. The Morgan fingerprint density at radius 2 is 2.18 bits per heavy atom. The van der Waals surface area contributed by atoms with Crippen molar-refractivity contribution in [2.75, 3.05) is 5.32 Å². The molecule has 0 aliphatic heterocycles. The van der Waals surface area contributed by atoms with Crippen LogP contribution >= 0.6 is 22.9 Å². The van der Waals surface area contributed by atoms with Gasteiger partial charge in [0.1, 0.15) is 15.9 Å². The van der Waals surface area contributed by atoms with Crippen molar-refractivity contribution in [2.45, 2.75) is 26.7 Å². The summed E-state index contributed by atoms with van der Waals surface area (Å²) in [4.78, 5) is 17.7. The quantitative estimate of drug-likeness (QED) is 0.743. The summed E-state index contributed by atoms with van der Waals surface area (Å²) >= 11 is 7.15. The molecule has 114 valence electrons. The molecule has 8 heteroatoms. The highest BCUT2D eigenvalue weighted by atomic mass is 35.5. The molecule has 3 aromatic rings. The molecular weight excluding hydrogens is 322 g/mol. The third kappa shape index (κ3) is 2.57. The molecule has 3 heterocycles. The van der Waals surface area contributed by atoms with Crippen molar-refractivity contribution in [3.8, 4) is 0 Å². The second-order valence-corrected chi connectivity index (χ2v) is 6.53. The summed E-state index contributed by atoms with van der Waals surface area (Å²) in [5, 5.41) is 11.5. The second kappa shape index (κ2) is 5.66. The number of hydrogen-bond donors (Lipinski definition) is 1. The van der Waals surface area contributed by atoms with E-state index in [4.69, 9.17) is 11.6 Å². The molecule has 0 saturated carbocycles. The summed E-state index contributed by atoms with van der Waals surface area (Å²) in [7, 11) is 0. The van der Waals surface area contributed by atoms with E-state index >= 15 is 0 Å². The third-order valence-electron chi connectivity index (χ3n) is 3.22. The average molecular weight is 336 g/mol. The Morgan fingerprint density at radius 1 is 1.41 bits per heavy atom. The van der Waals surface area contributed by atoms with E-state index in [1.54, 1.807) is 18.3 Å². The molecule has 1 amide bonds. The first-order valence-electron chi connectivity index (χ1n) is 6.74. The molecule has 0 aromatic carbocycles. The van der Waals surface area contributed by atoms with E-state index in [1.165, 1.54) is 11.3 Å². The van der Waals surface area contributed by atoms with Crippen LogP contribution in [-0.4, -0.2) is 25.5 Å². The molecule has 3 aromatic heterocycles. The third-order valence-corrected chi connectivity index (χ3v) is 4.56. The van der Waals surface area contributed by atoms with E-state index in [0.29, 0.717) is 15.7 Å². The maximum absolute atomic E-state index is 12.5. The van der Waals surface area contributed by atoms with Gasteiger partial charge < -0.3 is 5.32 Å². The predicted molar refractivity (Wildman–Crippen MR) is 86.9 cm³/mol. The van der Waals surface area contributed by atoms with E-state index in [2.05, 4.69) is 20.5 Å². The molecule has 1 N–H and O–H groups in total. The fourth-order valence-corrected chi connectivity index (χ4v) is 3.32. The van der Waals surface area contributed by atoms with E-state index in [9.17, 15) is 4.79 Å². The summed E-state index contributed by atoms with van der Waals surface area (Å²) in [5.74, 6) is 0.901. The normalized spacial score (nSPS) is 11.3. The summed E-state index contributed by atoms with van der Waals surface area (Å²) in [6.07, 6.45) is 1.55. The Labute approximate surface area is 136 Å². The van der Waals surface area contributed by atoms with Crippen LogP contribution < -0.4 is 5.32 Å². The lowest BCUT2D eigenvalue weighted by Gasteiger charge is -2.05. The molecule has 6 nitrogen and oxygen atoms in total. The van der Waals surface area contributed by atoms with Crippen molar-refractivity contribution in [3.63, 3.8) is 0 Å². The Kier molecular flexibility index (Phi) is 3.84. The lowest BCUT2D eigenvalue weighted by atomic mass is 10.2. The Morgan fingerprint density at radius 3 is 2.86 bits per heavy atom. The largest absolute Gasteiger partial charge is 0.321 e. The molecule has 0 aliphatic rings. The van der Waals surface area contributed by atoms with Gasteiger partial charge in [-0.1, -0.05) is 36.8 Å². The highest BCUT2D eigenvalue weighted by molar-refractivity contribution is 7.19. The first kappa shape index (κ1) is 14.9. The van der Waals surface area contributed by atoms with Gasteiger partial charge in [0.05, 0.1) is 0 Å². The lowest BCUT2D eigenvalue weighted by molar-refractivity contribution is 0.102. The number of hydrogen-bond acceptors (Lipinski definition) is 5. The molecule has 0 aliphatic carbocycles. The van der Waals surface area contributed by atoms with Gasteiger partial charge in [0.2, 0.25) is 4.96 Å². The van der Waals surface area contributed by atoms with Gasteiger partial charge in [-0.2, -0.15) is 0 Å². The zero-order valence-corrected chi connectivity index (χ0v) is 13.9. The van der Waals surface area contributed by atoms with Crippen molar-refractivity contribution in [1.29, 1.82) is 0 Å². The molecule has 0 saturated heterocycles. The van der Waals surface area contributed by atoms with Crippen LogP contribution in [0, 0.1) is 6.92 Å². The minimum Gasteiger partial charge on any atom is -0.321 e. The maximum atomic E-state index is 12.5. The molecule has 22 heavy (non-hydrogen) atoms. The summed E-state index contributed by atoms with van der Waals surface area (Å²) in [5.41, 5.74) is 1.45. The van der Waals surface area contributed by atoms with Crippen molar-refractivity contribution in [1.82, 2.24) is 19.6 Å². The van der Waals surface area contributed by atoms with Crippen LogP contribution in [0.3, 0.4) is 0 Å². The number of carbonyl (C=O) groups is 1. The molecule has 0 spiro atoms. The van der Waals surface area contributed by atoms with Gasteiger partial charge in [0, 0.05) is 23.5 Å². The number of thiazole rings is 1. The highest BCUT2D eigenvalue weighted by Crippen LogP contribution is 2.26. The van der Waals surface area contributed by atoms with E-state index < -0.39 is 0 Å². The van der Waals surface area contributed by atoms with Crippen LogP contribution in [0.5, 0.6) is 0 Å². The maximum Gasteiger partial charge on any atom is 0.267 e. The Balaban J connectivity index is 1.96.